The van der Waals surface area contributed by atoms with Crippen LogP contribution in [-0.4, -0.2) is 40.4 Å². The van der Waals surface area contributed by atoms with Crippen LogP contribution in [0.25, 0.3) is 10.8 Å². The number of benzene rings is 2. The van der Waals surface area contributed by atoms with Gasteiger partial charge in [-0.2, -0.15) is 0 Å². The van der Waals surface area contributed by atoms with Gasteiger partial charge in [0.2, 0.25) is 0 Å². The molecule has 0 atom stereocenters. The molecule has 0 saturated heterocycles. The second-order valence-electron chi connectivity index (χ2n) is 4.33. The quantitative estimate of drug-likeness (QED) is 0.339. The first-order valence-electron chi connectivity index (χ1n) is 6.73. The summed E-state index contributed by atoms with van der Waals surface area (Å²) in [5.74, 6) is 0.710. The van der Waals surface area contributed by atoms with Crippen LogP contribution in [0, 0.1) is 0 Å². The van der Waals surface area contributed by atoms with Crippen LogP contribution in [0.1, 0.15) is 0 Å². The smallest absolute Gasteiger partial charge is 0.463 e. The molecule has 0 unspecified atom stereocenters. The van der Waals surface area contributed by atoms with E-state index < -0.39 is 6.16 Å². The predicted octanol–water partition coefficient (Wildman–Crippen LogP) is 2.98. The van der Waals surface area contributed by atoms with Crippen molar-refractivity contribution < 1.29 is 28.5 Å². The van der Waals surface area contributed by atoms with Gasteiger partial charge >= 0.3 is 6.16 Å². The number of carbonyl (C=O) groups is 1. The normalized spacial score (nSPS) is 10.5. The number of hydrogen-bond donors (Lipinski definition) is 0. The average Bonchev–Trinajstić information content (AvgIpc) is 2.55. The van der Waals surface area contributed by atoms with Gasteiger partial charge in [0, 0.05) is 12.5 Å². The molecule has 118 valence electrons. The van der Waals surface area contributed by atoms with E-state index >= 15 is 0 Å². The van der Waals surface area contributed by atoms with Crippen LogP contribution in [0.2, 0.25) is 0 Å². The molecule has 6 heteroatoms. The van der Waals surface area contributed by atoms with Gasteiger partial charge in [0.1, 0.15) is 0 Å². The molecular formula is C16H18O6. The van der Waals surface area contributed by atoms with E-state index in [9.17, 15) is 4.79 Å². The number of hydrogen-bond acceptors (Lipinski definition) is 6. The van der Waals surface area contributed by atoms with Crippen LogP contribution in [0.5, 0.6) is 11.5 Å². The standard InChI is InChI=1S/C16H18O6/c1-18-9-10-20-11-21-15-13-6-4-3-5-12(13)7-8-14(15)22-16(17)19-2/h3-8H,9-11H2,1-2H3. The third-order valence-corrected chi connectivity index (χ3v) is 2.92. The fraction of sp³-hybridized carbons (Fsp3) is 0.312. The van der Waals surface area contributed by atoms with E-state index in [0.717, 1.165) is 10.8 Å². The third kappa shape index (κ3) is 4.09. The predicted molar refractivity (Wildman–Crippen MR) is 80.3 cm³/mol. The topological polar surface area (TPSA) is 63.2 Å². The molecular weight excluding hydrogens is 288 g/mol. The van der Waals surface area contributed by atoms with Crippen LogP contribution in [-0.2, 0) is 14.2 Å². The van der Waals surface area contributed by atoms with Crippen molar-refractivity contribution in [1.29, 1.82) is 0 Å². The first-order valence-corrected chi connectivity index (χ1v) is 6.73. The summed E-state index contributed by atoms with van der Waals surface area (Å²) in [5, 5.41) is 1.78. The van der Waals surface area contributed by atoms with Gasteiger partial charge in [0.25, 0.3) is 0 Å². The van der Waals surface area contributed by atoms with Crippen LogP contribution < -0.4 is 9.47 Å². The molecule has 6 nitrogen and oxygen atoms in total. The Morgan fingerprint density at radius 3 is 2.64 bits per heavy atom. The summed E-state index contributed by atoms with van der Waals surface area (Å²) in [6.07, 6.45) is -0.805. The van der Waals surface area contributed by atoms with Gasteiger partial charge in [0.05, 0.1) is 20.3 Å². The summed E-state index contributed by atoms with van der Waals surface area (Å²) in [5.41, 5.74) is 0. The SMILES string of the molecule is COCCOCOc1c(OC(=O)OC)ccc2ccccc12. The molecule has 22 heavy (non-hydrogen) atoms. The van der Waals surface area contributed by atoms with Crippen molar-refractivity contribution in [3.8, 4) is 11.5 Å². The Balaban J connectivity index is 2.21. The highest BCUT2D eigenvalue weighted by molar-refractivity contribution is 5.91. The highest BCUT2D eigenvalue weighted by atomic mass is 16.7. The lowest BCUT2D eigenvalue weighted by Crippen LogP contribution is -2.11. The molecule has 0 aliphatic rings. The summed E-state index contributed by atoms with van der Waals surface area (Å²) >= 11 is 0. The lowest BCUT2D eigenvalue weighted by molar-refractivity contribution is -0.00893. The minimum Gasteiger partial charge on any atom is -0.463 e. The molecule has 0 fully saturated rings. The molecule has 2 rings (SSSR count). The summed E-state index contributed by atoms with van der Waals surface area (Å²) in [7, 11) is 2.84. The average molecular weight is 306 g/mol. The van der Waals surface area contributed by atoms with E-state index in [4.69, 9.17) is 18.9 Å². The van der Waals surface area contributed by atoms with Crippen LogP contribution in [0.4, 0.5) is 4.79 Å². The minimum absolute atomic E-state index is 0.0227. The maximum Gasteiger partial charge on any atom is 0.513 e. The first kappa shape index (κ1) is 16.1. The zero-order valence-corrected chi connectivity index (χ0v) is 12.5. The van der Waals surface area contributed by atoms with Crippen molar-refractivity contribution in [2.24, 2.45) is 0 Å². The Morgan fingerprint density at radius 2 is 1.86 bits per heavy atom. The Bertz CT molecular complexity index is 625. The Morgan fingerprint density at radius 1 is 1.05 bits per heavy atom. The van der Waals surface area contributed by atoms with Crippen molar-refractivity contribution in [2.45, 2.75) is 0 Å². The molecule has 0 amide bonds. The highest BCUT2D eigenvalue weighted by Crippen LogP contribution is 2.35. The van der Waals surface area contributed by atoms with Gasteiger partial charge in [0.15, 0.2) is 18.3 Å². The number of fused-ring (bicyclic) bond motifs is 1. The summed E-state index contributed by atoms with van der Waals surface area (Å²) in [6.45, 7) is 0.910. The second-order valence-corrected chi connectivity index (χ2v) is 4.33. The van der Waals surface area contributed by atoms with Gasteiger partial charge in [-0.3, -0.25) is 0 Å². The zero-order chi connectivity index (χ0) is 15.8. The van der Waals surface area contributed by atoms with Crippen molar-refractivity contribution >= 4 is 16.9 Å². The molecule has 0 N–H and O–H groups in total. The van der Waals surface area contributed by atoms with E-state index in [1.165, 1.54) is 7.11 Å². The molecule has 0 heterocycles. The molecule has 0 spiro atoms. The van der Waals surface area contributed by atoms with Gasteiger partial charge < -0.3 is 23.7 Å². The summed E-state index contributed by atoms with van der Waals surface area (Å²) < 4.78 is 25.4. The lowest BCUT2D eigenvalue weighted by Gasteiger charge is -2.14. The maximum atomic E-state index is 11.3. The van der Waals surface area contributed by atoms with Crippen molar-refractivity contribution in [3.05, 3.63) is 36.4 Å². The minimum atomic E-state index is -0.805. The molecule has 0 aliphatic carbocycles. The highest BCUT2D eigenvalue weighted by Gasteiger charge is 2.14. The lowest BCUT2D eigenvalue weighted by atomic mass is 10.1. The van der Waals surface area contributed by atoms with E-state index in [1.807, 2.05) is 30.3 Å². The van der Waals surface area contributed by atoms with Gasteiger partial charge in [-0.25, -0.2) is 4.79 Å². The zero-order valence-electron chi connectivity index (χ0n) is 12.5. The molecule has 0 aliphatic heterocycles. The molecule has 2 aromatic rings. The van der Waals surface area contributed by atoms with E-state index in [2.05, 4.69) is 4.74 Å². The third-order valence-electron chi connectivity index (χ3n) is 2.92. The van der Waals surface area contributed by atoms with E-state index in [1.54, 1.807) is 13.2 Å². The first-order chi connectivity index (χ1) is 10.8. The van der Waals surface area contributed by atoms with Crippen molar-refractivity contribution in [1.82, 2.24) is 0 Å². The van der Waals surface area contributed by atoms with Gasteiger partial charge in [-0.05, 0) is 11.5 Å². The number of methoxy groups -OCH3 is 2. The summed E-state index contributed by atoms with van der Waals surface area (Å²) in [6, 6.07) is 11.1. The fourth-order valence-corrected chi connectivity index (χ4v) is 1.89. The Labute approximate surface area is 128 Å². The van der Waals surface area contributed by atoms with Gasteiger partial charge in [-0.15, -0.1) is 0 Å². The summed E-state index contributed by atoms with van der Waals surface area (Å²) in [4.78, 5) is 11.3. The Kier molecular flexibility index (Phi) is 6.00. The van der Waals surface area contributed by atoms with E-state index in [0.29, 0.717) is 19.0 Å². The molecule has 0 saturated carbocycles. The van der Waals surface area contributed by atoms with Gasteiger partial charge in [-0.1, -0.05) is 30.3 Å². The largest absolute Gasteiger partial charge is 0.513 e. The fourth-order valence-electron chi connectivity index (χ4n) is 1.89. The number of ether oxygens (including phenoxy) is 5. The van der Waals surface area contributed by atoms with E-state index in [-0.39, 0.29) is 12.5 Å². The second kappa shape index (κ2) is 8.21. The molecule has 2 aromatic carbocycles. The van der Waals surface area contributed by atoms with Crippen molar-refractivity contribution in [3.63, 3.8) is 0 Å². The van der Waals surface area contributed by atoms with Crippen LogP contribution >= 0.6 is 0 Å². The molecule has 0 bridgehead atoms. The number of carbonyl (C=O) groups excluding carboxylic acids is 1. The van der Waals surface area contributed by atoms with Crippen molar-refractivity contribution in [2.75, 3.05) is 34.2 Å². The molecule has 0 aromatic heterocycles. The molecule has 0 radical (unpaired) electrons. The maximum absolute atomic E-state index is 11.3. The van der Waals surface area contributed by atoms with Crippen LogP contribution in [0.15, 0.2) is 36.4 Å². The van der Waals surface area contributed by atoms with Crippen LogP contribution in [0.3, 0.4) is 0 Å². The monoisotopic (exact) mass is 306 g/mol. The Hall–Kier alpha value is -2.31. The number of rotatable bonds is 7.